The first-order valence-electron chi connectivity index (χ1n) is 5.87. The maximum atomic E-state index is 6.49. The normalized spacial score (nSPS) is 12.1. The maximum absolute atomic E-state index is 6.49. The van der Waals surface area contributed by atoms with E-state index < -0.39 is 5.38 Å². The molecule has 0 saturated carbocycles. The number of alkyl halides is 1. The Balaban J connectivity index is 2.46. The molecule has 5 heteroatoms. The molecule has 2 nitrogen and oxygen atoms in total. The predicted octanol–water partition coefficient (Wildman–Crippen LogP) is 5.34. The number of benzene rings is 2. The number of rotatable bonds is 4. The fourth-order valence-corrected chi connectivity index (χ4v) is 2.74. The summed E-state index contributed by atoms with van der Waals surface area (Å²) < 4.78 is 10.5. The molecular weight excluding hydrogens is 319 g/mol. The Labute approximate surface area is 133 Å². The van der Waals surface area contributed by atoms with E-state index in [2.05, 4.69) is 0 Å². The van der Waals surface area contributed by atoms with Crippen molar-refractivity contribution in [3.63, 3.8) is 0 Å². The zero-order valence-corrected chi connectivity index (χ0v) is 13.3. The quantitative estimate of drug-likeness (QED) is 0.704. The second-order valence-electron chi connectivity index (χ2n) is 4.15. The van der Waals surface area contributed by atoms with Crippen LogP contribution in [0.1, 0.15) is 16.5 Å². The van der Waals surface area contributed by atoms with Gasteiger partial charge in [0, 0.05) is 16.1 Å². The van der Waals surface area contributed by atoms with Crippen LogP contribution in [0.2, 0.25) is 10.0 Å². The average molecular weight is 332 g/mol. The van der Waals surface area contributed by atoms with Crippen LogP contribution in [0.5, 0.6) is 11.5 Å². The van der Waals surface area contributed by atoms with Crippen LogP contribution in [-0.4, -0.2) is 14.2 Å². The van der Waals surface area contributed by atoms with E-state index in [1.54, 1.807) is 32.4 Å². The third-order valence-corrected chi connectivity index (χ3v) is 3.97. The van der Waals surface area contributed by atoms with E-state index in [9.17, 15) is 0 Å². The van der Waals surface area contributed by atoms with Crippen molar-refractivity contribution in [3.8, 4) is 11.5 Å². The largest absolute Gasteiger partial charge is 0.493 e. The molecule has 0 spiro atoms. The number of hydrogen-bond donors (Lipinski definition) is 0. The highest BCUT2D eigenvalue weighted by atomic mass is 35.5. The van der Waals surface area contributed by atoms with Crippen molar-refractivity contribution in [1.29, 1.82) is 0 Å². The van der Waals surface area contributed by atoms with E-state index in [0.717, 1.165) is 11.1 Å². The van der Waals surface area contributed by atoms with Gasteiger partial charge in [-0.25, -0.2) is 0 Å². The van der Waals surface area contributed by atoms with Gasteiger partial charge in [-0.05, 0) is 29.3 Å². The lowest BCUT2D eigenvalue weighted by atomic mass is 10.0. The van der Waals surface area contributed by atoms with Gasteiger partial charge in [-0.15, -0.1) is 11.6 Å². The van der Waals surface area contributed by atoms with Crippen LogP contribution in [0.25, 0.3) is 0 Å². The van der Waals surface area contributed by atoms with E-state index in [1.807, 2.05) is 18.2 Å². The molecule has 2 aromatic carbocycles. The van der Waals surface area contributed by atoms with Gasteiger partial charge in [0.15, 0.2) is 11.5 Å². The molecule has 0 bridgehead atoms. The van der Waals surface area contributed by atoms with Crippen molar-refractivity contribution in [2.75, 3.05) is 14.2 Å². The summed E-state index contributed by atoms with van der Waals surface area (Å²) in [6.07, 6.45) is 0. The van der Waals surface area contributed by atoms with Crippen molar-refractivity contribution < 1.29 is 9.47 Å². The molecular formula is C15H13Cl3O2. The Kier molecular flexibility index (Phi) is 5.03. The molecule has 106 valence electrons. The van der Waals surface area contributed by atoms with E-state index in [0.29, 0.717) is 21.5 Å². The van der Waals surface area contributed by atoms with Crippen molar-refractivity contribution in [2.24, 2.45) is 0 Å². The summed E-state index contributed by atoms with van der Waals surface area (Å²) in [5.74, 6) is 1.15. The van der Waals surface area contributed by atoms with Gasteiger partial charge in [0.25, 0.3) is 0 Å². The molecule has 2 rings (SSSR count). The van der Waals surface area contributed by atoms with Crippen LogP contribution in [0.4, 0.5) is 0 Å². The SMILES string of the molecule is COc1cc(Cl)c(C(Cl)c2cccc(Cl)c2)cc1OC. The van der Waals surface area contributed by atoms with Crippen LogP contribution in [0, 0.1) is 0 Å². The van der Waals surface area contributed by atoms with Crippen LogP contribution in [0.3, 0.4) is 0 Å². The van der Waals surface area contributed by atoms with E-state index in [-0.39, 0.29) is 0 Å². The van der Waals surface area contributed by atoms with Crippen LogP contribution >= 0.6 is 34.8 Å². The van der Waals surface area contributed by atoms with Crippen molar-refractivity contribution in [2.45, 2.75) is 5.38 Å². The molecule has 0 saturated heterocycles. The maximum Gasteiger partial charge on any atom is 0.162 e. The molecule has 0 radical (unpaired) electrons. The second-order valence-corrected chi connectivity index (χ2v) is 5.43. The van der Waals surface area contributed by atoms with Gasteiger partial charge in [0.1, 0.15) is 0 Å². The zero-order chi connectivity index (χ0) is 14.7. The smallest absolute Gasteiger partial charge is 0.162 e. The first kappa shape index (κ1) is 15.3. The summed E-state index contributed by atoms with van der Waals surface area (Å²) in [5, 5.41) is 0.730. The highest BCUT2D eigenvalue weighted by Gasteiger charge is 2.18. The predicted molar refractivity (Wildman–Crippen MR) is 83.7 cm³/mol. The Bertz CT molecular complexity index is 614. The Morgan fingerprint density at radius 1 is 0.950 bits per heavy atom. The van der Waals surface area contributed by atoms with Gasteiger partial charge in [0.2, 0.25) is 0 Å². The number of methoxy groups -OCH3 is 2. The Hall–Kier alpha value is -1.09. The van der Waals surface area contributed by atoms with Crippen LogP contribution < -0.4 is 9.47 Å². The Morgan fingerprint density at radius 3 is 2.20 bits per heavy atom. The summed E-state index contributed by atoms with van der Waals surface area (Å²) in [4.78, 5) is 0. The summed E-state index contributed by atoms with van der Waals surface area (Å²) in [6, 6.07) is 10.8. The van der Waals surface area contributed by atoms with Crippen molar-refractivity contribution in [1.82, 2.24) is 0 Å². The monoisotopic (exact) mass is 330 g/mol. The molecule has 0 aliphatic heterocycles. The standard InChI is InChI=1S/C15H13Cl3O2/c1-19-13-7-11(12(17)8-14(13)20-2)15(18)9-4-3-5-10(16)6-9/h3-8,15H,1-2H3. The van der Waals surface area contributed by atoms with Crippen LogP contribution in [-0.2, 0) is 0 Å². The minimum Gasteiger partial charge on any atom is -0.493 e. The van der Waals surface area contributed by atoms with E-state index in [4.69, 9.17) is 44.3 Å². The fraction of sp³-hybridized carbons (Fsp3) is 0.200. The molecule has 0 N–H and O–H groups in total. The first-order valence-corrected chi connectivity index (χ1v) is 7.07. The molecule has 0 fully saturated rings. The molecule has 0 aromatic heterocycles. The molecule has 0 heterocycles. The van der Waals surface area contributed by atoms with Gasteiger partial charge < -0.3 is 9.47 Å². The van der Waals surface area contributed by atoms with Crippen molar-refractivity contribution >= 4 is 34.8 Å². The zero-order valence-electron chi connectivity index (χ0n) is 11.0. The third-order valence-electron chi connectivity index (χ3n) is 2.92. The molecule has 20 heavy (non-hydrogen) atoms. The average Bonchev–Trinajstić information content (AvgIpc) is 2.46. The summed E-state index contributed by atoms with van der Waals surface area (Å²) in [5.41, 5.74) is 1.61. The van der Waals surface area contributed by atoms with Gasteiger partial charge in [-0.2, -0.15) is 0 Å². The minimum atomic E-state index is -0.416. The summed E-state index contributed by atoms with van der Waals surface area (Å²) in [6.45, 7) is 0. The lowest BCUT2D eigenvalue weighted by molar-refractivity contribution is 0.354. The molecule has 0 aliphatic rings. The van der Waals surface area contributed by atoms with Gasteiger partial charge in [-0.3, -0.25) is 0 Å². The first-order chi connectivity index (χ1) is 9.56. The highest BCUT2D eigenvalue weighted by Crippen LogP contribution is 2.40. The number of halogens is 3. The van der Waals surface area contributed by atoms with Gasteiger partial charge in [0.05, 0.1) is 19.6 Å². The highest BCUT2D eigenvalue weighted by molar-refractivity contribution is 6.33. The summed E-state index contributed by atoms with van der Waals surface area (Å²) >= 11 is 18.7. The summed E-state index contributed by atoms with van der Waals surface area (Å²) in [7, 11) is 3.13. The minimum absolute atomic E-state index is 0.416. The van der Waals surface area contributed by atoms with Gasteiger partial charge >= 0.3 is 0 Å². The second kappa shape index (κ2) is 6.57. The molecule has 0 aliphatic carbocycles. The van der Waals surface area contributed by atoms with Crippen molar-refractivity contribution in [3.05, 3.63) is 57.6 Å². The fourth-order valence-electron chi connectivity index (χ4n) is 1.91. The molecule has 1 atom stereocenters. The molecule has 1 unspecified atom stereocenters. The molecule has 0 amide bonds. The lowest BCUT2D eigenvalue weighted by Crippen LogP contribution is -1.98. The van der Waals surface area contributed by atoms with E-state index >= 15 is 0 Å². The van der Waals surface area contributed by atoms with E-state index in [1.165, 1.54) is 0 Å². The third kappa shape index (κ3) is 3.14. The Morgan fingerprint density at radius 2 is 1.60 bits per heavy atom. The lowest BCUT2D eigenvalue weighted by Gasteiger charge is -2.16. The van der Waals surface area contributed by atoms with Gasteiger partial charge in [-0.1, -0.05) is 35.3 Å². The molecule has 2 aromatic rings. The van der Waals surface area contributed by atoms with Crippen LogP contribution in [0.15, 0.2) is 36.4 Å². The number of ether oxygens (including phenoxy) is 2. The number of hydrogen-bond acceptors (Lipinski definition) is 2. The topological polar surface area (TPSA) is 18.5 Å².